The monoisotopic (exact) mass is 433 g/mol. The van der Waals surface area contributed by atoms with E-state index < -0.39 is 67.1 Å². The molecule has 0 radical (unpaired) electrons. The number of halogens is 6. The fraction of sp³-hybridized carbons (Fsp3) is 0. The van der Waals surface area contributed by atoms with Crippen LogP contribution in [0.5, 0.6) is 0 Å². The molecule has 10 heteroatoms. The minimum absolute atomic E-state index is 0.423. The third-order valence-corrected chi connectivity index (χ3v) is 4.36. The largest absolute Gasteiger partial charge is 0.477 e. The number of carboxylic acids is 1. The van der Waals surface area contributed by atoms with Crippen LogP contribution in [0.15, 0.2) is 33.7 Å². The second-order valence-electron chi connectivity index (χ2n) is 5.12. The highest BCUT2D eigenvalue weighted by molar-refractivity contribution is 9.10. The summed E-state index contributed by atoms with van der Waals surface area (Å²) in [6, 6.07) is 2.04. The number of aromatic carboxylic acids is 1. The van der Waals surface area contributed by atoms with Crippen molar-refractivity contribution in [3.63, 3.8) is 0 Å². The summed E-state index contributed by atoms with van der Waals surface area (Å²) in [6.45, 7) is 0. The van der Waals surface area contributed by atoms with Gasteiger partial charge in [-0.05, 0) is 28.1 Å². The summed E-state index contributed by atoms with van der Waals surface area (Å²) in [7, 11) is 0. The Morgan fingerprint density at radius 2 is 1.69 bits per heavy atom. The molecule has 0 aliphatic heterocycles. The lowest BCUT2D eigenvalue weighted by molar-refractivity contribution is 0.0695. The number of aromatic nitrogens is 1. The molecule has 0 saturated carbocycles. The standard InChI is InChI=1S/C16H5BrF5NO3/c17-10-9-14(13(22)12(21)11(10)20)23(4-6(15(9)24)16(25)26)8-2-1-5(18)3-7(8)19/h1-4H,(H,25,26). The van der Waals surface area contributed by atoms with Gasteiger partial charge in [0.2, 0.25) is 5.43 Å². The second-order valence-corrected chi connectivity index (χ2v) is 5.92. The molecule has 3 aromatic rings. The molecule has 0 spiro atoms. The smallest absolute Gasteiger partial charge is 0.341 e. The third kappa shape index (κ3) is 2.57. The zero-order chi connectivity index (χ0) is 19.3. The van der Waals surface area contributed by atoms with Crippen LogP contribution in [0.3, 0.4) is 0 Å². The topological polar surface area (TPSA) is 59.3 Å². The van der Waals surface area contributed by atoms with Gasteiger partial charge in [0.1, 0.15) is 17.2 Å². The van der Waals surface area contributed by atoms with Crippen LogP contribution in [-0.2, 0) is 0 Å². The van der Waals surface area contributed by atoms with E-state index in [4.69, 9.17) is 5.11 Å². The molecule has 2 aromatic carbocycles. The minimum Gasteiger partial charge on any atom is -0.477 e. The van der Waals surface area contributed by atoms with E-state index in [0.717, 1.165) is 12.1 Å². The van der Waals surface area contributed by atoms with Gasteiger partial charge >= 0.3 is 5.97 Å². The summed E-state index contributed by atoms with van der Waals surface area (Å²) in [5, 5.41) is 8.31. The fourth-order valence-electron chi connectivity index (χ4n) is 2.46. The molecule has 0 amide bonds. The Morgan fingerprint density at radius 3 is 2.27 bits per heavy atom. The molecule has 0 fully saturated rings. The summed E-state index contributed by atoms with van der Waals surface area (Å²) in [6.07, 6.45) is 0.552. The molecule has 26 heavy (non-hydrogen) atoms. The molecule has 0 aliphatic carbocycles. The van der Waals surface area contributed by atoms with Crippen LogP contribution >= 0.6 is 15.9 Å². The molecule has 1 aromatic heterocycles. The number of carboxylic acid groups (broad SMARTS) is 1. The highest BCUT2D eigenvalue weighted by Gasteiger charge is 2.27. The molecule has 0 aliphatic rings. The number of rotatable bonds is 2. The van der Waals surface area contributed by atoms with Gasteiger partial charge in [0, 0.05) is 12.3 Å². The van der Waals surface area contributed by atoms with Crippen molar-refractivity contribution in [2.24, 2.45) is 0 Å². The van der Waals surface area contributed by atoms with Crippen molar-refractivity contribution in [3.05, 3.63) is 73.7 Å². The number of hydrogen-bond acceptors (Lipinski definition) is 2. The lowest BCUT2D eigenvalue weighted by Gasteiger charge is -2.15. The summed E-state index contributed by atoms with van der Waals surface area (Å²) in [4.78, 5) is 23.6. The first-order valence-electron chi connectivity index (χ1n) is 6.75. The van der Waals surface area contributed by atoms with Crippen molar-refractivity contribution in [3.8, 4) is 5.69 Å². The van der Waals surface area contributed by atoms with E-state index in [2.05, 4.69) is 15.9 Å². The number of hydrogen-bond donors (Lipinski definition) is 1. The van der Waals surface area contributed by atoms with Crippen molar-refractivity contribution in [1.82, 2.24) is 4.57 Å². The average Bonchev–Trinajstić information content (AvgIpc) is 2.57. The van der Waals surface area contributed by atoms with Crippen molar-refractivity contribution in [2.45, 2.75) is 0 Å². The van der Waals surface area contributed by atoms with Crippen LogP contribution in [0.25, 0.3) is 16.6 Å². The highest BCUT2D eigenvalue weighted by atomic mass is 79.9. The Labute approximate surface area is 149 Å². The second kappa shape index (κ2) is 6.20. The van der Waals surface area contributed by atoms with Crippen LogP contribution in [0.4, 0.5) is 22.0 Å². The number of benzene rings is 2. The first kappa shape index (κ1) is 18.1. The van der Waals surface area contributed by atoms with Gasteiger partial charge in [0.15, 0.2) is 17.5 Å². The maximum atomic E-state index is 14.4. The number of carbonyl (C=O) groups is 1. The Hall–Kier alpha value is -2.75. The SMILES string of the molecule is O=C(O)c1cn(-c2ccc(F)cc2F)c2c(F)c(F)c(F)c(Br)c2c1=O. The van der Waals surface area contributed by atoms with E-state index in [1.54, 1.807) is 0 Å². The molecule has 4 nitrogen and oxygen atoms in total. The molecular formula is C16H5BrF5NO3. The molecular weight excluding hydrogens is 429 g/mol. The molecule has 0 unspecified atom stereocenters. The van der Waals surface area contributed by atoms with Crippen molar-refractivity contribution < 1.29 is 31.9 Å². The summed E-state index contributed by atoms with van der Waals surface area (Å²) in [5.74, 6) is -9.52. The maximum Gasteiger partial charge on any atom is 0.341 e. The van der Waals surface area contributed by atoms with Crippen LogP contribution in [0, 0.1) is 29.1 Å². The van der Waals surface area contributed by atoms with E-state index >= 15 is 0 Å². The lowest BCUT2D eigenvalue weighted by Crippen LogP contribution is -2.21. The van der Waals surface area contributed by atoms with E-state index in [1.807, 2.05) is 0 Å². The Kier molecular flexibility index (Phi) is 4.31. The van der Waals surface area contributed by atoms with Gasteiger partial charge in [-0.15, -0.1) is 0 Å². The number of pyridine rings is 1. The Morgan fingerprint density at radius 1 is 1.04 bits per heavy atom. The maximum absolute atomic E-state index is 14.4. The van der Waals surface area contributed by atoms with Crippen LogP contribution < -0.4 is 5.43 Å². The number of fused-ring (bicyclic) bond motifs is 1. The van der Waals surface area contributed by atoms with Gasteiger partial charge in [-0.3, -0.25) is 4.79 Å². The van der Waals surface area contributed by atoms with Crippen LogP contribution in [-0.4, -0.2) is 15.6 Å². The Bertz CT molecular complexity index is 1160. The van der Waals surface area contributed by atoms with Crippen molar-refractivity contribution >= 4 is 32.8 Å². The molecule has 0 saturated heterocycles. The quantitative estimate of drug-likeness (QED) is 0.375. The van der Waals surface area contributed by atoms with Gasteiger partial charge in [0.25, 0.3) is 0 Å². The average molecular weight is 434 g/mol. The fourth-order valence-corrected chi connectivity index (χ4v) is 3.00. The van der Waals surface area contributed by atoms with Crippen LogP contribution in [0.2, 0.25) is 0 Å². The zero-order valence-electron chi connectivity index (χ0n) is 12.3. The summed E-state index contributed by atoms with van der Waals surface area (Å²) in [5.41, 5.74) is -3.74. The van der Waals surface area contributed by atoms with Gasteiger partial charge < -0.3 is 9.67 Å². The van der Waals surface area contributed by atoms with Gasteiger partial charge in [-0.1, -0.05) is 0 Å². The van der Waals surface area contributed by atoms with E-state index in [-0.39, 0.29) is 0 Å². The zero-order valence-corrected chi connectivity index (χ0v) is 13.9. The van der Waals surface area contributed by atoms with Crippen LogP contribution in [0.1, 0.15) is 10.4 Å². The molecule has 1 heterocycles. The van der Waals surface area contributed by atoms with Gasteiger partial charge in [0.05, 0.1) is 21.1 Å². The summed E-state index contributed by atoms with van der Waals surface area (Å²) >= 11 is 2.60. The van der Waals surface area contributed by atoms with Gasteiger partial charge in [-0.2, -0.15) is 0 Å². The molecule has 134 valence electrons. The van der Waals surface area contributed by atoms with Crippen molar-refractivity contribution in [1.29, 1.82) is 0 Å². The third-order valence-electron chi connectivity index (χ3n) is 3.61. The van der Waals surface area contributed by atoms with E-state index in [1.165, 1.54) is 0 Å². The van der Waals surface area contributed by atoms with E-state index in [9.17, 15) is 31.5 Å². The number of nitrogens with zero attached hydrogens (tertiary/aromatic N) is 1. The highest BCUT2D eigenvalue weighted by Crippen LogP contribution is 2.32. The molecule has 1 N–H and O–H groups in total. The Balaban J connectivity index is 2.64. The predicted octanol–water partition coefficient (Wildman–Crippen LogP) is 4.15. The molecule has 0 bridgehead atoms. The normalized spacial score (nSPS) is 11.2. The molecule has 3 rings (SSSR count). The first-order chi connectivity index (χ1) is 12.1. The molecule has 0 atom stereocenters. The minimum atomic E-state index is -1.96. The summed E-state index contributed by atoms with van der Waals surface area (Å²) < 4.78 is 68.9. The predicted molar refractivity (Wildman–Crippen MR) is 84.0 cm³/mol. The lowest BCUT2D eigenvalue weighted by atomic mass is 10.1. The van der Waals surface area contributed by atoms with Crippen molar-refractivity contribution in [2.75, 3.05) is 0 Å². The van der Waals surface area contributed by atoms with Gasteiger partial charge in [-0.25, -0.2) is 26.7 Å². The van der Waals surface area contributed by atoms with E-state index in [0.29, 0.717) is 16.8 Å². The first-order valence-corrected chi connectivity index (χ1v) is 7.54.